The Morgan fingerprint density at radius 1 is 0.727 bits per heavy atom. The number of anilines is 3. The first-order valence-electron chi connectivity index (χ1n) is 7.03. The molecule has 1 nitrogen and oxygen atoms in total. The second-order valence-electron chi connectivity index (χ2n) is 5.11. The quantitative estimate of drug-likeness (QED) is 0.327. The van der Waals surface area contributed by atoms with Crippen molar-refractivity contribution in [2.24, 2.45) is 0 Å². The van der Waals surface area contributed by atoms with Gasteiger partial charge in [0, 0.05) is 19.2 Å². The number of fused-ring (bicyclic) bond motifs is 3. The van der Waals surface area contributed by atoms with Gasteiger partial charge < -0.3 is 0 Å². The normalized spacial score (nSPS) is 13.2. The van der Waals surface area contributed by atoms with Crippen molar-refractivity contribution >= 4 is 60.2 Å². The average Bonchev–Trinajstić information content (AvgIpc) is 3.14. The second-order valence-corrected chi connectivity index (χ2v) is 8.20. The van der Waals surface area contributed by atoms with Crippen molar-refractivity contribution in [1.29, 1.82) is 0 Å². The summed E-state index contributed by atoms with van der Waals surface area (Å²) in [7, 11) is 0. The molecule has 0 unspecified atom stereocenters. The highest BCUT2D eigenvalue weighted by Gasteiger charge is 2.25. The van der Waals surface area contributed by atoms with Gasteiger partial charge in [-0.1, -0.05) is 36.0 Å². The number of hydrogen-bond acceptors (Lipinski definition) is 4. The maximum absolute atomic E-state index is 2.40. The molecular formula is C18H11NS3. The Hall–Kier alpha value is -1.75. The van der Waals surface area contributed by atoms with Gasteiger partial charge in [-0.15, -0.1) is 22.7 Å². The number of nitrogens with zero attached hydrogens (tertiary/aromatic N) is 1. The highest BCUT2D eigenvalue weighted by molar-refractivity contribution is 7.99. The molecule has 106 valence electrons. The number of para-hydroxylation sites is 2. The Morgan fingerprint density at radius 3 is 2.09 bits per heavy atom. The minimum absolute atomic E-state index is 1.28. The van der Waals surface area contributed by atoms with Crippen LogP contribution in [0.2, 0.25) is 0 Å². The van der Waals surface area contributed by atoms with Crippen LogP contribution in [0.25, 0.3) is 9.40 Å². The first-order chi connectivity index (χ1) is 10.9. The standard InChI is InChI=1S/C18H11NS3/c1-3-7-14-12(5-1)19(13-6-2-4-8-15(13)21-14)18-11-17-16(22-18)9-10-20-17/h1-11H. The summed E-state index contributed by atoms with van der Waals surface area (Å²) >= 11 is 5.53. The lowest BCUT2D eigenvalue weighted by Gasteiger charge is -2.31. The molecule has 4 aromatic rings. The first-order valence-corrected chi connectivity index (χ1v) is 9.54. The first kappa shape index (κ1) is 12.8. The molecule has 0 bridgehead atoms. The molecule has 0 N–H and O–H groups in total. The summed E-state index contributed by atoms with van der Waals surface area (Å²) < 4.78 is 2.74. The summed E-state index contributed by atoms with van der Waals surface area (Å²) in [5, 5.41) is 3.46. The van der Waals surface area contributed by atoms with Crippen molar-refractivity contribution < 1.29 is 0 Å². The van der Waals surface area contributed by atoms with Gasteiger partial charge in [0.15, 0.2) is 0 Å². The lowest BCUT2D eigenvalue weighted by atomic mass is 10.2. The van der Waals surface area contributed by atoms with E-state index in [9.17, 15) is 0 Å². The molecule has 0 fully saturated rings. The van der Waals surface area contributed by atoms with Crippen molar-refractivity contribution in [3.8, 4) is 0 Å². The molecule has 4 heteroatoms. The van der Waals surface area contributed by atoms with Crippen LogP contribution in [-0.4, -0.2) is 0 Å². The van der Waals surface area contributed by atoms with Gasteiger partial charge in [0.25, 0.3) is 0 Å². The lowest BCUT2D eigenvalue weighted by molar-refractivity contribution is 1.18. The zero-order valence-corrected chi connectivity index (χ0v) is 14.0. The third kappa shape index (κ3) is 1.85. The van der Waals surface area contributed by atoms with Gasteiger partial charge in [-0.05, 0) is 41.8 Å². The molecular weight excluding hydrogens is 326 g/mol. The molecule has 1 aliphatic heterocycles. The Kier molecular flexibility index (Phi) is 2.83. The summed E-state index contributed by atoms with van der Waals surface area (Å²) in [6.45, 7) is 0. The maximum Gasteiger partial charge on any atom is 0.102 e. The molecule has 2 aromatic carbocycles. The van der Waals surface area contributed by atoms with Gasteiger partial charge in [0.05, 0.1) is 11.4 Å². The van der Waals surface area contributed by atoms with E-state index < -0.39 is 0 Å². The van der Waals surface area contributed by atoms with E-state index in [1.165, 1.54) is 35.6 Å². The minimum atomic E-state index is 1.28. The lowest BCUT2D eigenvalue weighted by Crippen LogP contribution is -2.13. The molecule has 0 saturated carbocycles. The molecule has 0 saturated heterocycles. The maximum atomic E-state index is 2.40. The average molecular weight is 337 g/mol. The van der Waals surface area contributed by atoms with Crippen LogP contribution in [0, 0.1) is 0 Å². The monoisotopic (exact) mass is 337 g/mol. The Labute approximate surface area is 140 Å². The third-order valence-electron chi connectivity index (χ3n) is 3.78. The van der Waals surface area contributed by atoms with E-state index in [0.717, 1.165) is 0 Å². The van der Waals surface area contributed by atoms with Crippen LogP contribution < -0.4 is 4.90 Å². The van der Waals surface area contributed by atoms with Crippen LogP contribution in [-0.2, 0) is 0 Å². The van der Waals surface area contributed by atoms with E-state index in [1.807, 2.05) is 34.4 Å². The zero-order valence-electron chi connectivity index (χ0n) is 11.5. The van der Waals surface area contributed by atoms with Crippen LogP contribution in [0.5, 0.6) is 0 Å². The van der Waals surface area contributed by atoms with E-state index in [1.54, 1.807) is 0 Å². The predicted molar refractivity (Wildman–Crippen MR) is 98.5 cm³/mol. The molecule has 0 atom stereocenters. The third-order valence-corrected chi connectivity index (χ3v) is 6.99. The van der Waals surface area contributed by atoms with E-state index in [4.69, 9.17) is 0 Å². The van der Waals surface area contributed by atoms with Gasteiger partial charge in [-0.3, -0.25) is 4.90 Å². The molecule has 22 heavy (non-hydrogen) atoms. The number of benzene rings is 2. The molecule has 0 radical (unpaired) electrons. The zero-order chi connectivity index (χ0) is 14.5. The second kappa shape index (κ2) is 4.88. The molecule has 0 aliphatic carbocycles. The topological polar surface area (TPSA) is 3.24 Å². The summed E-state index contributed by atoms with van der Waals surface area (Å²) in [6, 6.07) is 21.8. The van der Waals surface area contributed by atoms with Gasteiger partial charge in [-0.25, -0.2) is 0 Å². The van der Waals surface area contributed by atoms with Crippen LogP contribution >= 0.6 is 34.4 Å². The summed E-state index contributed by atoms with van der Waals surface area (Å²) in [5.41, 5.74) is 2.56. The van der Waals surface area contributed by atoms with Crippen molar-refractivity contribution in [2.45, 2.75) is 9.79 Å². The van der Waals surface area contributed by atoms with Crippen LogP contribution in [0.4, 0.5) is 16.4 Å². The molecule has 0 spiro atoms. The van der Waals surface area contributed by atoms with Crippen molar-refractivity contribution in [3.63, 3.8) is 0 Å². The largest absolute Gasteiger partial charge is 0.300 e. The van der Waals surface area contributed by atoms with E-state index in [-0.39, 0.29) is 0 Å². The molecule has 1 aliphatic rings. The molecule has 0 amide bonds. The van der Waals surface area contributed by atoms with Crippen LogP contribution in [0.3, 0.4) is 0 Å². The number of rotatable bonds is 1. The minimum Gasteiger partial charge on any atom is -0.300 e. The summed E-state index contributed by atoms with van der Waals surface area (Å²) in [5.74, 6) is 0. The predicted octanol–water partition coefficient (Wildman–Crippen LogP) is 6.90. The highest BCUT2D eigenvalue weighted by Crippen LogP contribution is 2.53. The molecule has 3 heterocycles. The highest BCUT2D eigenvalue weighted by atomic mass is 32.2. The Morgan fingerprint density at radius 2 is 1.41 bits per heavy atom. The van der Waals surface area contributed by atoms with Crippen LogP contribution in [0.1, 0.15) is 0 Å². The van der Waals surface area contributed by atoms with Crippen LogP contribution in [0.15, 0.2) is 75.8 Å². The van der Waals surface area contributed by atoms with Gasteiger partial charge in [-0.2, -0.15) is 0 Å². The molecule has 2 aromatic heterocycles. The fourth-order valence-corrected chi connectivity index (χ4v) is 5.99. The number of hydrogen-bond donors (Lipinski definition) is 0. The Balaban J connectivity index is 1.78. The SMILES string of the molecule is c1ccc2c(c1)Sc1ccccc1N2c1cc2sccc2s1. The number of thiophene rings is 2. The molecule has 5 rings (SSSR count). The van der Waals surface area contributed by atoms with E-state index in [2.05, 4.69) is 70.9 Å². The van der Waals surface area contributed by atoms with Crippen molar-refractivity contribution in [2.75, 3.05) is 4.90 Å². The van der Waals surface area contributed by atoms with E-state index >= 15 is 0 Å². The van der Waals surface area contributed by atoms with Gasteiger partial charge in [0.1, 0.15) is 5.00 Å². The van der Waals surface area contributed by atoms with Gasteiger partial charge >= 0.3 is 0 Å². The Bertz CT molecular complexity index is 909. The van der Waals surface area contributed by atoms with Gasteiger partial charge in [0.2, 0.25) is 0 Å². The fourth-order valence-electron chi connectivity index (χ4n) is 2.81. The summed E-state index contributed by atoms with van der Waals surface area (Å²) in [4.78, 5) is 5.04. The van der Waals surface area contributed by atoms with Crippen molar-refractivity contribution in [3.05, 3.63) is 66.0 Å². The van der Waals surface area contributed by atoms with E-state index in [0.29, 0.717) is 0 Å². The van der Waals surface area contributed by atoms with Crippen molar-refractivity contribution in [1.82, 2.24) is 0 Å². The fraction of sp³-hybridized carbons (Fsp3) is 0. The summed E-state index contributed by atoms with van der Waals surface area (Å²) in [6.07, 6.45) is 0. The smallest absolute Gasteiger partial charge is 0.102 e.